The number of benzene rings is 1. The van der Waals surface area contributed by atoms with E-state index < -0.39 is 9.84 Å². The van der Waals surface area contributed by atoms with Crippen LogP contribution in [0.2, 0.25) is 0 Å². The van der Waals surface area contributed by atoms with Crippen LogP contribution in [0.3, 0.4) is 0 Å². The second-order valence-electron chi connectivity index (χ2n) is 4.88. The summed E-state index contributed by atoms with van der Waals surface area (Å²) in [7, 11) is -3.12. The highest BCUT2D eigenvalue weighted by atomic mass is 32.2. The topological polar surface area (TPSA) is 34.1 Å². The summed E-state index contributed by atoms with van der Waals surface area (Å²) in [6, 6.07) is 5.79. The molecule has 1 rings (SSSR count). The summed E-state index contributed by atoms with van der Waals surface area (Å²) in [6.45, 7) is 4.23. The Morgan fingerprint density at radius 2 is 2.06 bits per heavy atom. The van der Waals surface area contributed by atoms with Gasteiger partial charge in [-0.25, -0.2) is 12.8 Å². The minimum absolute atomic E-state index is 0.0642. The molecule has 0 fully saturated rings. The van der Waals surface area contributed by atoms with Gasteiger partial charge in [-0.15, -0.1) is 0 Å². The summed E-state index contributed by atoms with van der Waals surface area (Å²) >= 11 is 0. The van der Waals surface area contributed by atoms with Gasteiger partial charge in [0.2, 0.25) is 0 Å². The van der Waals surface area contributed by atoms with Crippen LogP contribution in [0.25, 0.3) is 0 Å². The fraction of sp³-hybridized carbons (Fsp3) is 0.571. The van der Waals surface area contributed by atoms with E-state index in [1.165, 1.54) is 12.1 Å². The van der Waals surface area contributed by atoms with Gasteiger partial charge >= 0.3 is 0 Å². The zero-order chi connectivity index (χ0) is 13.6. The molecule has 0 spiro atoms. The van der Waals surface area contributed by atoms with Gasteiger partial charge in [-0.1, -0.05) is 32.4 Å². The zero-order valence-electron chi connectivity index (χ0n) is 11.0. The monoisotopic (exact) mass is 272 g/mol. The van der Waals surface area contributed by atoms with E-state index >= 15 is 0 Å². The van der Waals surface area contributed by atoms with E-state index in [2.05, 4.69) is 13.8 Å². The molecule has 2 nitrogen and oxygen atoms in total. The average Bonchev–Trinajstić information content (AvgIpc) is 2.27. The largest absolute Gasteiger partial charge is 0.228 e. The predicted molar refractivity (Wildman–Crippen MR) is 72.6 cm³/mol. The second-order valence-corrected chi connectivity index (χ2v) is 7.06. The maximum atomic E-state index is 13.0. The van der Waals surface area contributed by atoms with Crippen LogP contribution < -0.4 is 0 Å². The van der Waals surface area contributed by atoms with E-state index in [0.717, 1.165) is 12.8 Å². The van der Waals surface area contributed by atoms with Crippen LogP contribution in [-0.4, -0.2) is 14.2 Å². The molecule has 0 saturated carbocycles. The SMILES string of the molecule is CC[C@H](C)CCCS(=O)(=O)Cc1cccc(F)c1. The fourth-order valence-corrected chi connectivity index (χ4v) is 3.25. The summed E-state index contributed by atoms with van der Waals surface area (Å²) in [5, 5.41) is 0. The molecule has 0 heterocycles. The van der Waals surface area contributed by atoms with Gasteiger partial charge in [0.25, 0.3) is 0 Å². The molecule has 0 aliphatic heterocycles. The lowest BCUT2D eigenvalue weighted by molar-refractivity contribution is 0.505. The van der Waals surface area contributed by atoms with E-state index in [9.17, 15) is 12.8 Å². The molecule has 18 heavy (non-hydrogen) atoms. The van der Waals surface area contributed by atoms with Crippen LogP contribution >= 0.6 is 0 Å². The second kappa shape index (κ2) is 6.88. The van der Waals surface area contributed by atoms with Crippen molar-refractivity contribution in [2.45, 2.75) is 38.9 Å². The zero-order valence-corrected chi connectivity index (χ0v) is 11.8. The lowest BCUT2D eigenvalue weighted by Crippen LogP contribution is -2.10. The van der Waals surface area contributed by atoms with Crippen LogP contribution in [-0.2, 0) is 15.6 Å². The van der Waals surface area contributed by atoms with Crippen molar-refractivity contribution < 1.29 is 12.8 Å². The third kappa shape index (κ3) is 5.63. The van der Waals surface area contributed by atoms with E-state index in [-0.39, 0.29) is 17.3 Å². The van der Waals surface area contributed by atoms with Crippen molar-refractivity contribution in [2.24, 2.45) is 5.92 Å². The van der Waals surface area contributed by atoms with Gasteiger partial charge in [0, 0.05) is 0 Å². The predicted octanol–water partition coefficient (Wildman–Crippen LogP) is 3.57. The maximum Gasteiger partial charge on any atom is 0.154 e. The summed E-state index contributed by atoms with van der Waals surface area (Å²) in [4.78, 5) is 0. The number of halogens is 1. The summed E-state index contributed by atoms with van der Waals surface area (Å²) < 4.78 is 36.7. The van der Waals surface area contributed by atoms with Crippen molar-refractivity contribution in [3.63, 3.8) is 0 Å². The molecule has 0 aliphatic carbocycles. The Balaban J connectivity index is 2.50. The van der Waals surface area contributed by atoms with Crippen LogP contribution in [0.5, 0.6) is 0 Å². The molecule has 0 saturated heterocycles. The summed E-state index contributed by atoms with van der Waals surface area (Å²) in [5.41, 5.74) is 0.526. The van der Waals surface area contributed by atoms with Crippen LogP contribution in [0.15, 0.2) is 24.3 Å². The molecular formula is C14H21FO2S. The van der Waals surface area contributed by atoms with E-state index in [4.69, 9.17) is 0 Å². The van der Waals surface area contributed by atoms with Crippen molar-refractivity contribution in [3.05, 3.63) is 35.6 Å². The Labute approximate surface area is 109 Å². The molecule has 1 aromatic rings. The van der Waals surface area contributed by atoms with Crippen LogP contribution in [0.1, 0.15) is 38.7 Å². The molecule has 0 bridgehead atoms. The number of hydrogen-bond donors (Lipinski definition) is 0. The van der Waals surface area contributed by atoms with E-state index in [0.29, 0.717) is 17.9 Å². The Morgan fingerprint density at radius 3 is 2.67 bits per heavy atom. The molecule has 0 aromatic heterocycles. The Bertz CT molecular complexity index is 468. The highest BCUT2D eigenvalue weighted by Crippen LogP contribution is 2.13. The molecule has 0 aliphatic rings. The maximum absolute atomic E-state index is 13.0. The van der Waals surface area contributed by atoms with Crippen LogP contribution in [0.4, 0.5) is 4.39 Å². The first-order valence-electron chi connectivity index (χ1n) is 6.38. The first-order valence-corrected chi connectivity index (χ1v) is 8.20. The molecule has 4 heteroatoms. The quantitative estimate of drug-likeness (QED) is 0.760. The molecule has 1 aromatic carbocycles. The number of rotatable bonds is 7. The summed E-state index contributed by atoms with van der Waals surface area (Å²) in [6.07, 6.45) is 2.69. The molecular weight excluding hydrogens is 251 g/mol. The van der Waals surface area contributed by atoms with Gasteiger partial charge in [0.1, 0.15) is 5.82 Å². The van der Waals surface area contributed by atoms with Gasteiger partial charge in [-0.3, -0.25) is 0 Å². The first kappa shape index (κ1) is 15.2. The first-order chi connectivity index (χ1) is 8.43. The molecule has 0 N–H and O–H groups in total. The minimum atomic E-state index is -3.12. The molecule has 1 atom stereocenters. The summed E-state index contributed by atoms with van der Waals surface area (Å²) in [5.74, 6) is 0.302. The van der Waals surface area contributed by atoms with Crippen molar-refractivity contribution in [1.29, 1.82) is 0 Å². The molecule has 102 valence electrons. The molecule has 0 unspecified atom stereocenters. The average molecular weight is 272 g/mol. The number of sulfone groups is 1. The van der Waals surface area contributed by atoms with Gasteiger partial charge in [0.15, 0.2) is 9.84 Å². The smallest absolute Gasteiger partial charge is 0.154 e. The highest BCUT2D eigenvalue weighted by Gasteiger charge is 2.12. The lowest BCUT2D eigenvalue weighted by Gasteiger charge is -2.08. The van der Waals surface area contributed by atoms with E-state index in [1.54, 1.807) is 12.1 Å². The van der Waals surface area contributed by atoms with Gasteiger partial charge < -0.3 is 0 Å². The van der Waals surface area contributed by atoms with Gasteiger partial charge in [0.05, 0.1) is 11.5 Å². The molecule has 0 amide bonds. The third-order valence-electron chi connectivity index (χ3n) is 3.12. The van der Waals surface area contributed by atoms with E-state index in [1.807, 2.05) is 0 Å². The van der Waals surface area contributed by atoms with Gasteiger partial charge in [-0.05, 0) is 36.5 Å². The third-order valence-corrected chi connectivity index (χ3v) is 4.81. The van der Waals surface area contributed by atoms with Crippen molar-refractivity contribution in [2.75, 3.05) is 5.75 Å². The Morgan fingerprint density at radius 1 is 1.33 bits per heavy atom. The van der Waals surface area contributed by atoms with Crippen molar-refractivity contribution >= 4 is 9.84 Å². The van der Waals surface area contributed by atoms with Crippen molar-refractivity contribution in [1.82, 2.24) is 0 Å². The number of hydrogen-bond acceptors (Lipinski definition) is 2. The Kier molecular flexibility index (Phi) is 5.79. The fourth-order valence-electron chi connectivity index (χ4n) is 1.81. The Hall–Kier alpha value is -0.900. The highest BCUT2D eigenvalue weighted by molar-refractivity contribution is 7.90. The van der Waals surface area contributed by atoms with Crippen molar-refractivity contribution in [3.8, 4) is 0 Å². The van der Waals surface area contributed by atoms with Crippen LogP contribution in [0, 0.1) is 11.7 Å². The van der Waals surface area contributed by atoms with Gasteiger partial charge in [-0.2, -0.15) is 0 Å². The lowest BCUT2D eigenvalue weighted by atomic mass is 10.0. The molecule has 0 radical (unpaired) electrons. The normalized spacial score (nSPS) is 13.5. The standard InChI is InChI=1S/C14H21FO2S/c1-3-12(2)6-5-9-18(16,17)11-13-7-4-8-14(15)10-13/h4,7-8,10,12H,3,5-6,9,11H2,1-2H3/t12-/m0/s1. The minimum Gasteiger partial charge on any atom is -0.228 e.